The smallest absolute Gasteiger partial charge is 0.196 e. The molecule has 1 aromatic carbocycles. The van der Waals surface area contributed by atoms with Gasteiger partial charge in [0.15, 0.2) is 11.7 Å². The minimum Gasteiger partial charge on any atom is -0.480 e. The van der Waals surface area contributed by atoms with Crippen LogP contribution in [-0.2, 0) is 11.2 Å². The second-order valence-electron chi connectivity index (χ2n) is 4.72. The van der Waals surface area contributed by atoms with Crippen LogP contribution in [0.25, 0.3) is 0 Å². The molecule has 21 heavy (non-hydrogen) atoms. The predicted octanol–water partition coefficient (Wildman–Crippen LogP) is 3.61. The summed E-state index contributed by atoms with van der Waals surface area (Å²) in [5.74, 6) is 0.460. The Morgan fingerprint density at radius 2 is 2.00 bits per heavy atom. The van der Waals surface area contributed by atoms with Crippen molar-refractivity contribution in [2.45, 2.75) is 12.8 Å². The zero-order chi connectivity index (χ0) is 14.7. The number of rotatable bonds is 3. The van der Waals surface area contributed by atoms with Crippen molar-refractivity contribution in [2.24, 2.45) is 4.99 Å². The molecule has 0 spiro atoms. The summed E-state index contributed by atoms with van der Waals surface area (Å²) < 4.78 is 5.62. The van der Waals surface area contributed by atoms with Gasteiger partial charge < -0.3 is 4.74 Å². The summed E-state index contributed by atoms with van der Waals surface area (Å²) in [5.41, 5.74) is 2.32. The molecule has 0 N–H and O–H groups in total. The molecule has 0 unspecified atom stereocenters. The number of aromatic nitrogens is 1. The van der Waals surface area contributed by atoms with Crippen LogP contribution in [0.3, 0.4) is 0 Å². The van der Waals surface area contributed by atoms with Crippen LogP contribution >= 0.6 is 11.6 Å². The molecule has 0 fully saturated rings. The van der Waals surface area contributed by atoms with Gasteiger partial charge in [-0.05, 0) is 23.8 Å². The summed E-state index contributed by atoms with van der Waals surface area (Å²) in [6.07, 6.45) is 4.10. The highest BCUT2D eigenvalue weighted by atomic mass is 35.5. The monoisotopic (exact) mass is 300 g/mol. The Labute approximate surface area is 127 Å². The van der Waals surface area contributed by atoms with E-state index in [0.29, 0.717) is 28.8 Å². The average molecular weight is 301 g/mol. The van der Waals surface area contributed by atoms with Crippen LogP contribution in [0.1, 0.15) is 22.3 Å². The molecule has 0 saturated heterocycles. The Hall–Kier alpha value is -2.20. The maximum absolute atomic E-state index is 12.0. The zero-order valence-corrected chi connectivity index (χ0v) is 12.0. The first kappa shape index (κ1) is 13.8. The van der Waals surface area contributed by atoms with Gasteiger partial charge in [0, 0.05) is 23.8 Å². The number of aliphatic imine (C=N–C) groups is 1. The third-order valence-electron chi connectivity index (χ3n) is 3.23. The molecule has 3 rings (SSSR count). The summed E-state index contributed by atoms with van der Waals surface area (Å²) in [5, 5.41) is 0.715. The lowest BCUT2D eigenvalue weighted by molar-refractivity contribution is 0.0990. The summed E-state index contributed by atoms with van der Waals surface area (Å²) in [4.78, 5) is 20.2. The second kappa shape index (κ2) is 6.06. The molecule has 0 radical (unpaired) electrons. The number of fused-ring (bicyclic) bond motifs is 1. The van der Waals surface area contributed by atoms with E-state index in [1.807, 2.05) is 24.3 Å². The van der Waals surface area contributed by atoms with E-state index in [1.165, 1.54) is 0 Å². The fourth-order valence-corrected chi connectivity index (χ4v) is 2.25. The van der Waals surface area contributed by atoms with Gasteiger partial charge in [0.1, 0.15) is 0 Å². The molecule has 5 heteroatoms. The molecular formula is C16H13ClN2O2. The summed E-state index contributed by atoms with van der Waals surface area (Å²) in [6, 6.07) is 9.33. The highest BCUT2D eigenvalue weighted by molar-refractivity contribution is 6.30. The van der Waals surface area contributed by atoms with Crippen molar-refractivity contribution in [1.29, 1.82) is 0 Å². The molecule has 0 amide bonds. The molecular weight excluding hydrogens is 288 g/mol. The Kier molecular flexibility index (Phi) is 3.97. The van der Waals surface area contributed by atoms with E-state index in [0.717, 1.165) is 12.0 Å². The Balaban J connectivity index is 1.63. The van der Waals surface area contributed by atoms with Crippen molar-refractivity contribution >= 4 is 29.0 Å². The number of benzene rings is 1. The maximum atomic E-state index is 12.0. The standard InChI is InChI=1S/C16H13ClN2O2/c17-12-3-1-11(2-4-12)6-8-21-16-9-15(20)13-10-18-7-5-14(13)19-16/h1-5,7,10H,6,8-9H2. The topological polar surface area (TPSA) is 51.5 Å². The summed E-state index contributed by atoms with van der Waals surface area (Å²) >= 11 is 5.84. The first-order valence-electron chi connectivity index (χ1n) is 6.64. The normalized spacial score (nSPS) is 13.6. The zero-order valence-electron chi connectivity index (χ0n) is 11.3. The van der Waals surface area contributed by atoms with Crippen LogP contribution in [-0.4, -0.2) is 23.3 Å². The van der Waals surface area contributed by atoms with E-state index in [2.05, 4.69) is 9.98 Å². The molecule has 106 valence electrons. The minimum absolute atomic E-state index is 0.00501. The third-order valence-corrected chi connectivity index (χ3v) is 3.48. The fourth-order valence-electron chi connectivity index (χ4n) is 2.13. The molecule has 0 atom stereocenters. The molecule has 1 aliphatic rings. The lowest BCUT2D eigenvalue weighted by atomic mass is 10.1. The van der Waals surface area contributed by atoms with Gasteiger partial charge in [0.2, 0.25) is 0 Å². The number of carbonyl (C=O) groups is 1. The molecule has 0 saturated carbocycles. The number of carbonyl (C=O) groups excluding carboxylic acids is 1. The van der Waals surface area contributed by atoms with Gasteiger partial charge in [-0.1, -0.05) is 23.7 Å². The molecule has 2 heterocycles. The molecule has 4 nitrogen and oxygen atoms in total. The Morgan fingerprint density at radius 3 is 2.81 bits per heavy atom. The van der Waals surface area contributed by atoms with E-state index >= 15 is 0 Å². The number of ketones is 1. The van der Waals surface area contributed by atoms with Crippen molar-refractivity contribution in [2.75, 3.05) is 6.61 Å². The van der Waals surface area contributed by atoms with Gasteiger partial charge in [-0.25, -0.2) is 4.99 Å². The third kappa shape index (κ3) is 3.28. The number of hydrogen-bond acceptors (Lipinski definition) is 4. The van der Waals surface area contributed by atoms with E-state index in [9.17, 15) is 4.79 Å². The van der Waals surface area contributed by atoms with Crippen LogP contribution in [0, 0.1) is 0 Å². The van der Waals surface area contributed by atoms with Gasteiger partial charge in [0.25, 0.3) is 0 Å². The van der Waals surface area contributed by atoms with E-state index < -0.39 is 0 Å². The highest BCUT2D eigenvalue weighted by Crippen LogP contribution is 2.24. The van der Waals surface area contributed by atoms with Crippen molar-refractivity contribution in [3.05, 3.63) is 58.9 Å². The fraction of sp³-hybridized carbons (Fsp3) is 0.188. The van der Waals surface area contributed by atoms with Crippen LogP contribution in [0.4, 0.5) is 5.69 Å². The predicted molar refractivity (Wildman–Crippen MR) is 81.4 cm³/mol. The number of ether oxygens (including phenoxy) is 1. The number of Topliss-reactive ketones (excluding diaryl/α,β-unsaturated/α-hetero) is 1. The van der Waals surface area contributed by atoms with E-state index in [4.69, 9.17) is 16.3 Å². The molecule has 1 aromatic heterocycles. The average Bonchev–Trinajstić information content (AvgIpc) is 2.49. The lowest BCUT2D eigenvalue weighted by Gasteiger charge is -2.14. The maximum Gasteiger partial charge on any atom is 0.196 e. The van der Waals surface area contributed by atoms with Crippen molar-refractivity contribution < 1.29 is 9.53 Å². The van der Waals surface area contributed by atoms with Crippen molar-refractivity contribution in [3.8, 4) is 0 Å². The molecule has 0 bridgehead atoms. The van der Waals surface area contributed by atoms with Crippen LogP contribution < -0.4 is 0 Å². The molecule has 0 aliphatic carbocycles. The van der Waals surface area contributed by atoms with Gasteiger partial charge in [0.05, 0.1) is 24.3 Å². The first-order chi connectivity index (χ1) is 10.2. The summed E-state index contributed by atoms with van der Waals surface area (Å²) in [7, 11) is 0. The quantitative estimate of drug-likeness (QED) is 0.870. The minimum atomic E-state index is -0.00501. The van der Waals surface area contributed by atoms with E-state index in [1.54, 1.807) is 18.5 Å². The second-order valence-corrected chi connectivity index (χ2v) is 5.16. The first-order valence-corrected chi connectivity index (χ1v) is 7.02. The number of halogens is 1. The largest absolute Gasteiger partial charge is 0.480 e. The Morgan fingerprint density at radius 1 is 1.19 bits per heavy atom. The van der Waals surface area contributed by atoms with Gasteiger partial charge in [-0.15, -0.1) is 0 Å². The number of hydrogen-bond donors (Lipinski definition) is 0. The van der Waals surface area contributed by atoms with Crippen molar-refractivity contribution in [3.63, 3.8) is 0 Å². The number of pyridine rings is 1. The molecule has 1 aliphatic heterocycles. The van der Waals surface area contributed by atoms with Gasteiger partial charge >= 0.3 is 0 Å². The highest BCUT2D eigenvalue weighted by Gasteiger charge is 2.20. The van der Waals surface area contributed by atoms with Gasteiger partial charge in [-0.3, -0.25) is 9.78 Å². The Bertz CT molecular complexity index is 696. The van der Waals surface area contributed by atoms with Crippen LogP contribution in [0.5, 0.6) is 0 Å². The van der Waals surface area contributed by atoms with E-state index in [-0.39, 0.29) is 12.2 Å². The lowest BCUT2D eigenvalue weighted by Crippen LogP contribution is -2.17. The number of nitrogens with zero attached hydrogens (tertiary/aromatic N) is 2. The SMILES string of the molecule is O=C1CC(OCCc2ccc(Cl)cc2)=Nc2ccncc21. The van der Waals surface area contributed by atoms with Gasteiger partial charge in [-0.2, -0.15) is 0 Å². The van der Waals surface area contributed by atoms with Crippen LogP contribution in [0.15, 0.2) is 47.7 Å². The summed E-state index contributed by atoms with van der Waals surface area (Å²) in [6.45, 7) is 0.480. The van der Waals surface area contributed by atoms with Crippen molar-refractivity contribution in [1.82, 2.24) is 4.98 Å². The molecule has 2 aromatic rings. The van der Waals surface area contributed by atoms with Crippen LogP contribution in [0.2, 0.25) is 5.02 Å².